The standard InChI is InChI=1S/C17H18F3N3O/c18-17(19,20)14-5-3-12(4-6-14)10-16(24)23-9-1-2-13(11-23)15-7-8-21-22-15/h3-8,13H,1-2,9-11H2,(H,21,22)/t13-/m0/s1. The van der Waals surface area contributed by atoms with Crippen LogP contribution in [0.4, 0.5) is 13.2 Å². The number of alkyl halides is 3. The van der Waals surface area contributed by atoms with Crippen molar-refractivity contribution < 1.29 is 18.0 Å². The smallest absolute Gasteiger partial charge is 0.342 e. The number of carbonyl (C=O) groups is 1. The van der Waals surface area contributed by atoms with E-state index < -0.39 is 11.7 Å². The molecule has 0 spiro atoms. The summed E-state index contributed by atoms with van der Waals surface area (Å²) in [6.45, 7) is 1.30. The van der Waals surface area contributed by atoms with Crippen LogP contribution in [0.1, 0.15) is 35.6 Å². The van der Waals surface area contributed by atoms with Gasteiger partial charge in [-0.25, -0.2) is 0 Å². The quantitative estimate of drug-likeness (QED) is 0.933. The van der Waals surface area contributed by atoms with Gasteiger partial charge in [0.2, 0.25) is 5.91 Å². The third kappa shape index (κ3) is 3.77. The summed E-state index contributed by atoms with van der Waals surface area (Å²) < 4.78 is 37.7. The van der Waals surface area contributed by atoms with Crippen molar-refractivity contribution >= 4 is 5.91 Å². The van der Waals surface area contributed by atoms with Crippen LogP contribution >= 0.6 is 0 Å². The van der Waals surface area contributed by atoms with Crippen molar-refractivity contribution in [1.29, 1.82) is 0 Å². The van der Waals surface area contributed by atoms with Gasteiger partial charge in [-0.15, -0.1) is 0 Å². The molecule has 3 rings (SSSR count). The van der Waals surface area contributed by atoms with Crippen molar-refractivity contribution in [2.24, 2.45) is 0 Å². The minimum atomic E-state index is -4.35. The Morgan fingerprint density at radius 2 is 2.00 bits per heavy atom. The lowest BCUT2D eigenvalue weighted by Gasteiger charge is -2.32. The minimum absolute atomic E-state index is 0.0565. The molecule has 2 aromatic rings. The van der Waals surface area contributed by atoms with Gasteiger partial charge in [-0.3, -0.25) is 9.89 Å². The highest BCUT2D eigenvalue weighted by molar-refractivity contribution is 5.79. The van der Waals surface area contributed by atoms with Crippen molar-refractivity contribution in [3.05, 3.63) is 53.3 Å². The largest absolute Gasteiger partial charge is 0.416 e. The molecule has 1 aliphatic heterocycles. The van der Waals surface area contributed by atoms with Gasteiger partial charge in [0, 0.05) is 30.9 Å². The molecule has 1 aromatic carbocycles. The third-order valence-electron chi connectivity index (χ3n) is 4.37. The SMILES string of the molecule is O=C(Cc1ccc(C(F)(F)F)cc1)N1CCC[C@H](c2ccn[nH]2)C1. The molecule has 1 N–H and O–H groups in total. The zero-order chi connectivity index (χ0) is 17.2. The minimum Gasteiger partial charge on any atom is -0.342 e. The Balaban J connectivity index is 1.62. The molecule has 1 amide bonds. The van der Waals surface area contributed by atoms with Gasteiger partial charge in [-0.05, 0) is 36.6 Å². The number of H-pyrrole nitrogens is 1. The Labute approximate surface area is 137 Å². The Bertz CT molecular complexity index is 680. The summed E-state index contributed by atoms with van der Waals surface area (Å²) in [6.07, 6.45) is -0.645. The lowest BCUT2D eigenvalue weighted by Crippen LogP contribution is -2.40. The summed E-state index contributed by atoms with van der Waals surface area (Å²) >= 11 is 0. The summed E-state index contributed by atoms with van der Waals surface area (Å²) in [5.74, 6) is 0.178. The number of amides is 1. The molecule has 0 saturated carbocycles. The summed E-state index contributed by atoms with van der Waals surface area (Å²) in [4.78, 5) is 14.2. The first-order valence-corrected chi connectivity index (χ1v) is 7.86. The maximum absolute atomic E-state index is 12.6. The molecule has 0 radical (unpaired) electrons. The second kappa shape index (κ2) is 6.67. The number of piperidine rings is 1. The molecule has 0 aliphatic carbocycles. The number of aromatic amines is 1. The molecule has 0 unspecified atom stereocenters. The molecule has 128 valence electrons. The second-order valence-corrected chi connectivity index (χ2v) is 6.06. The predicted molar refractivity (Wildman–Crippen MR) is 82.3 cm³/mol. The van der Waals surface area contributed by atoms with E-state index in [-0.39, 0.29) is 18.2 Å². The topological polar surface area (TPSA) is 49.0 Å². The molecule has 1 saturated heterocycles. The highest BCUT2D eigenvalue weighted by atomic mass is 19.4. The first-order valence-electron chi connectivity index (χ1n) is 7.86. The van der Waals surface area contributed by atoms with Crippen molar-refractivity contribution in [1.82, 2.24) is 15.1 Å². The van der Waals surface area contributed by atoms with Gasteiger partial charge in [0.15, 0.2) is 0 Å². The Hall–Kier alpha value is -2.31. The molecular weight excluding hydrogens is 319 g/mol. The van der Waals surface area contributed by atoms with Crippen LogP contribution in [-0.2, 0) is 17.4 Å². The van der Waals surface area contributed by atoms with E-state index in [4.69, 9.17) is 0 Å². The molecule has 1 fully saturated rings. The molecule has 4 nitrogen and oxygen atoms in total. The number of nitrogens with zero attached hydrogens (tertiary/aromatic N) is 2. The number of hydrogen-bond donors (Lipinski definition) is 1. The molecular formula is C17H18F3N3O. The summed E-state index contributed by atoms with van der Waals surface area (Å²) in [7, 11) is 0. The lowest BCUT2D eigenvalue weighted by atomic mass is 9.94. The van der Waals surface area contributed by atoms with Gasteiger partial charge in [-0.1, -0.05) is 12.1 Å². The van der Waals surface area contributed by atoms with Crippen LogP contribution in [0.3, 0.4) is 0 Å². The summed E-state index contributed by atoms with van der Waals surface area (Å²) in [6, 6.07) is 6.70. The fourth-order valence-corrected chi connectivity index (χ4v) is 3.05. The van der Waals surface area contributed by atoms with Crippen molar-refractivity contribution in [3.63, 3.8) is 0 Å². The molecule has 1 atom stereocenters. The van der Waals surface area contributed by atoms with Gasteiger partial charge < -0.3 is 4.90 Å². The number of benzene rings is 1. The van der Waals surface area contributed by atoms with Crippen LogP contribution in [-0.4, -0.2) is 34.1 Å². The van der Waals surface area contributed by atoms with Crippen LogP contribution in [0, 0.1) is 0 Å². The molecule has 0 bridgehead atoms. The van der Waals surface area contributed by atoms with Crippen molar-refractivity contribution in [2.75, 3.05) is 13.1 Å². The van der Waals surface area contributed by atoms with E-state index in [1.165, 1.54) is 12.1 Å². The Morgan fingerprint density at radius 3 is 2.62 bits per heavy atom. The van der Waals surface area contributed by atoms with E-state index in [9.17, 15) is 18.0 Å². The second-order valence-electron chi connectivity index (χ2n) is 6.06. The van der Waals surface area contributed by atoms with Crippen molar-refractivity contribution in [3.8, 4) is 0 Å². The fraction of sp³-hybridized carbons (Fsp3) is 0.412. The first-order chi connectivity index (χ1) is 11.4. The number of hydrogen-bond acceptors (Lipinski definition) is 2. The molecule has 7 heteroatoms. The predicted octanol–water partition coefficient (Wildman–Crippen LogP) is 3.38. The van der Waals surface area contributed by atoms with Gasteiger partial charge in [-0.2, -0.15) is 18.3 Å². The van der Waals surface area contributed by atoms with E-state index in [1.54, 1.807) is 11.1 Å². The van der Waals surface area contributed by atoms with Gasteiger partial charge in [0.25, 0.3) is 0 Å². The van der Waals surface area contributed by atoms with Crippen LogP contribution in [0.25, 0.3) is 0 Å². The van der Waals surface area contributed by atoms with Gasteiger partial charge in [0.05, 0.1) is 12.0 Å². The van der Waals surface area contributed by atoms with E-state index >= 15 is 0 Å². The van der Waals surface area contributed by atoms with E-state index in [0.29, 0.717) is 18.7 Å². The molecule has 1 aromatic heterocycles. The normalized spacial score (nSPS) is 18.6. The van der Waals surface area contributed by atoms with Crippen LogP contribution < -0.4 is 0 Å². The lowest BCUT2D eigenvalue weighted by molar-refractivity contribution is -0.137. The Kier molecular flexibility index (Phi) is 4.59. The number of nitrogens with one attached hydrogen (secondary N) is 1. The molecule has 2 heterocycles. The maximum Gasteiger partial charge on any atom is 0.416 e. The first kappa shape index (κ1) is 16.5. The van der Waals surface area contributed by atoms with Gasteiger partial charge in [0.1, 0.15) is 0 Å². The average molecular weight is 337 g/mol. The molecule has 24 heavy (non-hydrogen) atoms. The average Bonchev–Trinajstić information content (AvgIpc) is 3.09. The zero-order valence-electron chi connectivity index (χ0n) is 13.0. The molecule has 1 aliphatic rings. The highest BCUT2D eigenvalue weighted by Crippen LogP contribution is 2.29. The van der Waals surface area contributed by atoms with E-state index in [0.717, 1.165) is 30.7 Å². The van der Waals surface area contributed by atoms with E-state index in [2.05, 4.69) is 10.2 Å². The number of aromatic nitrogens is 2. The number of rotatable bonds is 3. The Morgan fingerprint density at radius 1 is 1.25 bits per heavy atom. The number of likely N-dealkylation sites (tertiary alicyclic amines) is 1. The number of carbonyl (C=O) groups excluding carboxylic acids is 1. The summed E-state index contributed by atoms with van der Waals surface area (Å²) in [5, 5.41) is 6.88. The fourth-order valence-electron chi connectivity index (χ4n) is 3.05. The summed E-state index contributed by atoms with van der Waals surface area (Å²) in [5.41, 5.74) is 0.912. The highest BCUT2D eigenvalue weighted by Gasteiger charge is 2.30. The zero-order valence-corrected chi connectivity index (χ0v) is 13.0. The van der Waals surface area contributed by atoms with Crippen LogP contribution in [0.5, 0.6) is 0 Å². The van der Waals surface area contributed by atoms with Crippen molar-refractivity contribution in [2.45, 2.75) is 31.4 Å². The van der Waals surface area contributed by atoms with Gasteiger partial charge >= 0.3 is 6.18 Å². The maximum atomic E-state index is 12.6. The van der Waals surface area contributed by atoms with Crippen LogP contribution in [0.15, 0.2) is 36.5 Å². The van der Waals surface area contributed by atoms with Crippen LogP contribution in [0.2, 0.25) is 0 Å². The third-order valence-corrected chi connectivity index (χ3v) is 4.37. The van der Waals surface area contributed by atoms with E-state index in [1.807, 2.05) is 6.07 Å². The monoisotopic (exact) mass is 337 g/mol. The number of halogens is 3.